The van der Waals surface area contributed by atoms with Gasteiger partial charge < -0.3 is 0 Å². The largest absolute Gasteiger partial charge is 0.241 e. The zero-order valence-electron chi connectivity index (χ0n) is 10.3. The van der Waals surface area contributed by atoms with Crippen molar-refractivity contribution in [1.29, 1.82) is 5.26 Å². The number of halogens is 1. The fraction of sp³-hybridized carbons (Fsp3) is 0.417. The first-order valence-corrected chi connectivity index (χ1v) is 7.46. The van der Waals surface area contributed by atoms with Gasteiger partial charge in [-0.15, -0.1) is 0 Å². The minimum atomic E-state index is -3.70. The van der Waals surface area contributed by atoms with Crippen molar-refractivity contribution in [3.8, 4) is 6.07 Å². The lowest BCUT2D eigenvalue weighted by Crippen LogP contribution is -2.46. The van der Waals surface area contributed by atoms with Crippen LogP contribution in [-0.4, -0.2) is 14.0 Å². The van der Waals surface area contributed by atoms with Crippen molar-refractivity contribution in [2.24, 2.45) is 0 Å². The molecule has 6 heteroatoms. The summed E-state index contributed by atoms with van der Waals surface area (Å²) in [5.41, 5.74) is -1.06. The van der Waals surface area contributed by atoms with Crippen LogP contribution in [0.15, 0.2) is 29.2 Å². The summed E-state index contributed by atoms with van der Waals surface area (Å²) in [4.78, 5) is 0.105. The van der Waals surface area contributed by atoms with Gasteiger partial charge in [0.05, 0.1) is 11.0 Å². The van der Waals surface area contributed by atoms with Crippen LogP contribution >= 0.6 is 11.6 Å². The lowest BCUT2D eigenvalue weighted by molar-refractivity contribution is 0.446. The molecule has 0 spiro atoms. The first-order chi connectivity index (χ1) is 8.39. The zero-order chi connectivity index (χ0) is 13.8. The number of benzene rings is 1. The molecule has 0 aliphatic heterocycles. The van der Waals surface area contributed by atoms with E-state index in [9.17, 15) is 8.42 Å². The smallest absolute Gasteiger partial charge is 0.207 e. The lowest BCUT2D eigenvalue weighted by atomic mass is 9.97. The molecule has 18 heavy (non-hydrogen) atoms. The molecule has 1 aromatic carbocycles. The Kier molecular flexibility index (Phi) is 4.74. The van der Waals surface area contributed by atoms with Crippen molar-refractivity contribution >= 4 is 21.6 Å². The highest BCUT2D eigenvalue weighted by Crippen LogP contribution is 2.20. The lowest BCUT2D eigenvalue weighted by Gasteiger charge is -2.24. The second-order valence-electron chi connectivity index (χ2n) is 3.96. The van der Waals surface area contributed by atoms with Gasteiger partial charge in [-0.25, -0.2) is 8.42 Å². The highest BCUT2D eigenvalue weighted by molar-refractivity contribution is 7.89. The molecule has 0 aromatic heterocycles. The Balaban J connectivity index is 3.09. The van der Waals surface area contributed by atoms with Gasteiger partial charge in [-0.1, -0.05) is 25.4 Å². The van der Waals surface area contributed by atoms with E-state index in [1.54, 1.807) is 13.8 Å². The quantitative estimate of drug-likeness (QED) is 0.905. The van der Waals surface area contributed by atoms with Gasteiger partial charge in [-0.3, -0.25) is 0 Å². The van der Waals surface area contributed by atoms with Crippen molar-refractivity contribution < 1.29 is 8.42 Å². The molecule has 0 atom stereocenters. The number of hydrogen-bond donors (Lipinski definition) is 1. The molecule has 0 radical (unpaired) electrons. The highest BCUT2D eigenvalue weighted by Gasteiger charge is 2.31. The SMILES string of the molecule is CCC(C#N)(CC)NS(=O)(=O)c1ccc(Cl)cc1. The van der Waals surface area contributed by atoms with E-state index in [-0.39, 0.29) is 4.90 Å². The first-order valence-electron chi connectivity index (χ1n) is 5.60. The minimum absolute atomic E-state index is 0.105. The Hall–Kier alpha value is -1.09. The van der Waals surface area contributed by atoms with E-state index in [0.717, 1.165) is 0 Å². The average molecular weight is 287 g/mol. The number of nitrogens with zero attached hydrogens (tertiary/aromatic N) is 1. The fourth-order valence-corrected chi connectivity index (χ4v) is 3.09. The van der Waals surface area contributed by atoms with E-state index in [2.05, 4.69) is 4.72 Å². The maximum absolute atomic E-state index is 12.1. The molecular weight excluding hydrogens is 272 g/mol. The molecule has 0 fully saturated rings. The van der Waals surface area contributed by atoms with E-state index in [4.69, 9.17) is 16.9 Å². The van der Waals surface area contributed by atoms with E-state index in [1.807, 2.05) is 6.07 Å². The Labute approximate surface area is 113 Å². The van der Waals surface area contributed by atoms with Crippen LogP contribution in [0.3, 0.4) is 0 Å². The molecule has 0 aliphatic carbocycles. The summed E-state index contributed by atoms with van der Waals surface area (Å²) < 4.78 is 26.7. The molecule has 0 heterocycles. The molecule has 0 amide bonds. The average Bonchev–Trinajstić information content (AvgIpc) is 2.37. The molecule has 0 bridgehead atoms. The van der Waals surface area contributed by atoms with Crippen LogP contribution in [-0.2, 0) is 10.0 Å². The Morgan fingerprint density at radius 2 is 1.78 bits per heavy atom. The van der Waals surface area contributed by atoms with Gasteiger partial charge >= 0.3 is 0 Å². The van der Waals surface area contributed by atoms with E-state index < -0.39 is 15.6 Å². The number of nitriles is 1. The van der Waals surface area contributed by atoms with Gasteiger partial charge in [0.15, 0.2) is 0 Å². The third-order valence-electron chi connectivity index (χ3n) is 2.87. The van der Waals surface area contributed by atoms with Crippen LogP contribution in [0.5, 0.6) is 0 Å². The van der Waals surface area contributed by atoms with Crippen LogP contribution in [0.2, 0.25) is 5.02 Å². The summed E-state index contributed by atoms with van der Waals surface area (Å²) in [7, 11) is -3.70. The normalized spacial score (nSPS) is 12.1. The monoisotopic (exact) mass is 286 g/mol. The van der Waals surface area contributed by atoms with Crippen LogP contribution < -0.4 is 4.72 Å². The molecule has 1 N–H and O–H groups in total. The van der Waals surface area contributed by atoms with Crippen LogP contribution in [0.4, 0.5) is 0 Å². The minimum Gasteiger partial charge on any atom is -0.207 e. The Morgan fingerprint density at radius 1 is 1.28 bits per heavy atom. The molecule has 98 valence electrons. The first kappa shape index (κ1) is 15.0. The maximum Gasteiger partial charge on any atom is 0.241 e. The Morgan fingerprint density at radius 3 is 2.17 bits per heavy atom. The van der Waals surface area contributed by atoms with Gasteiger partial charge in [0.2, 0.25) is 10.0 Å². The summed E-state index contributed by atoms with van der Waals surface area (Å²) in [6.07, 6.45) is 0.819. The summed E-state index contributed by atoms with van der Waals surface area (Å²) >= 11 is 5.71. The van der Waals surface area contributed by atoms with Gasteiger partial charge in [-0.05, 0) is 37.1 Å². The van der Waals surface area contributed by atoms with Crippen LogP contribution in [0.25, 0.3) is 0 Å². The molecule has 1 aromatic rings. The highest BCUT2D eigenvalue weighted by atomic mass is 35.5. The zero-order valence-corrected chi connectivity index (χ0v) is 11.8. The third-order valence-corrected chi connectivity index (χ3v) is 4.68. The van der Waals surface area contributed by atoms with Gasteiger partial charge in [0, 0.05) is 5.02 Å². The second-order valence-corrected chi connectivity index (χ2v) is 6.08. The molecule has 0 saturated heterocycles. The summed E-state index contributed by atoms with van der Waals surface area (Å²) in [6, 6.07) is 7.87. The van der Waals surface area contributed by atoms with Crippen LogP contribution in [0, 0.1) is 11.3 Å². The molecule has 0 unspecified atom stereocenters. The summed E-state index contributed by atoms with van der Waals surface area (Å²) in [5.74, 6) is 0. The predicted octanol–water partition coefficient (Wildman–Crippen LogP) is 2.70. The third kappa shape index (κ3) is 3.22. The predicted molar refractivity (Wildman–Crippen MR) is 70.7 cm³/mol. The topological polar surface area (TPSA) is 70.0 Å². The molecule has 1 rings (SSSR count). The van der Waals surface area contributed by atoms with Gasteiger partial charge in [-0.2, -0.15) is 9.98 Å². The summed E-state index contributed by atoms with van der Waals surface area (Å²) in [5, 5.41) is 9.60. The van der Waals surface area contributed by atoms with E-state index >= 15 is 0 Å². The van der Waals surface area contributed by atoms with Gasteiger partial charge in [0.1, 0.15) is 5.54 Å². The van der Waals surface area contributed by atoms with Crippen molar-refractivity contribution in [2.75, 3.05) is 0 Å². The molecular formula is C12H15ClN2O2S. The van der Waals surface area contributed by atoms with E-state index in [1.165, 1.54) is 24.3 Å². The standard InChI is InChI=1S/C12H15ClN2O2S/c1-3-12(4-2,9-14)15-18(16,17)11-7-5-10(13)6-8-11/h5-8,15H,3-4H2,1-2H3. The van der Waals surface area contributed by atoms with Gasteiger partial charge in [0.25, 0.3) is 0 Å². The number of rotatable bonds is 5. The molecule has 4 nitrogen and oxygen atoms in total. The summed E-state index contributed by atoms with van der Waals surface area (Å²) in [6.45, 7) is 3.55. The van der Waals surface area contributed by atoms with Crippen molar-refractivity contribution in [2.45, 2.75) is 37.1 Å². The Bertz CT molecular complexity index is 542. The number of nitrogens with one attached hydrogen (secondary N) is 1. The fourth-order valence-electron chi connectivity index (χ4n) is 1.51. The number of hydrogen-bond acceptors (Lipinski definition) is 3. The van der Waals surface area contributed by atoms with Crippen molar-refractivity contribution in [3.63, 3.8) is 0 Å². The van der Waals surface area contributed by atoms with Crippen molar-refractivity contribution in [3.05, 3.63) is 29.3 Å². The van der Waals surface area contributed by atoms with E-state index in [0.29, 0.717) is 17.9 Å². The molecule has 0 saturated carbocycles. The van der Waals surface area contributed by atoms with Crippen molar-refractivity contribution in [1.82, 2.24) is 4.72 Å². The maximum atomic E-state index is 12.1. The molecule has 0 aliphatic rings. The number of sulfonamides is 1. The second kappa shape index (κ2) is 5.70. The van der Waals surface area contributed by atoms with Crippen LogP contribution in [0.1, 0.15) is 26.7 Å².